The lowest BCUT2D eigenvalue weighted by Crippen LogP contribution is -2.51. The van der Waals surface area contributed by atoms with Crippen molar-refractivity contribution in [2.75, 3.05) is 23.7 Å². The maximum atomic E-state index is 13.5. The molecule has 2 rings (SSSR count). The first kappa shape index (κ1) is 27.7. The Kier molecular flexibility index (Phi) is 10.4. The van der Waals surface area contributed by atoms with E-state index < -0.39 is 28.5 Å². The molecule has 1 unspecified atom stereocenters. The molecule has 0 fully saturated rings. The SMILES string of the molecule is CCCCNC(=O)C(C)N(Cc1ccc(Cl)cc1)C(=O)CN(c1ccc(CC)cc1)S(C)(=O)=O. The molecule has 0 aliphatic heterocycles. The van der Waals surface area contributed by atoms with Gasteiger partial charge in [-0.3, -0.25) is 13.9 Å². The maximum absolute atomic E-state index is 13.5. The number of halogens is 1. The number of carbonyl (C=O) groups is 2. The Hall–Kier alpha value is -2.58. The summed E-state index contributed by atoms with van der Waals surface area (Å²) in [5.74, 6) is -0.757. The van der Waals surface area contributed by atoms with E-state index in [1.807, 2.05) is 26.0 Å². The van der Waals surface area contributed by atoms with E-state index in [-0.39, 0.29) is 12.5 Å². The highest BCUT2D eigenvalue weighted by molar-refractivity contribution is 7.92. The Bertz CT molecular complexity index is 1060. The molecule has 34 heavy (non-hydrogen) atoms. The topological polar surface area (TPSA) is 86.8 Å². The minimum Gasteiger partial charge on any atom is -0.354 e. The molecule has 0 aromatic heterocycles. The Morgan fingerprint density at radius 3 is 2.12 bits per heavy atom. The van der Waals surface area contributed by atoms with Crippen molar-refractivity contribution in [2.45, 2.75) is 52.6 Å². The molecule has 0 bridgehead atoms. The summed E-state index contributed by atoms with van der Waals surface area (Å²) in [5, 5.41) is 3.42. The van der Waals surface area contributed by atoms with Crippen LogP contribution < -0.4 is 9.62 Å². The van der Waals surface area contributed by atoms with Crippen LogP contribution in [0.1, 0.15) is 44.7 Å². The number of rotatable bonds is 12. The van der Waals surface area contributed by atoms with Crippen molar-refractivity contribution in [2.24, 2.45) is 0 Å². The Labute approximate surface area is 208 Å². The third kappa shape index (κ3) is 8.02. The average Bonchev–Trinajstić information content (AvgIpc) is 2.81. The van der Waals surface area contributed by atoms with Gasteiger partial charge >= 0.3 is 0 Å². The average molecular weight is 508 g/mol. The van der Waals surface area contributed by atoms with Gasteiger partial charge in [0.2, 0.25) is 21.8 Å². The summed E-state index contributed by atoms with van der Waals surface area (Å²) in [4.78, 5) is 27.6. The van der Waals surface area contributed by atoms with Gasteiger partial charge in [0, 0.05) is 18.1 Å². The molecule has 0 heterocycles. The summed E-state index contributed by atoms with van der Waals surface area (Å²) >= 11 is 5.99. The van der Waals surface area contributed by atoms with Crippen molar-refractivity contribution in [3.63, 3.8) is 0 Å². The second kappa shape index (κ2) is 12.8. The molecule has 0 saturated heterocycles. The van der Waals surface area contributed by atoms with Crippen molar-refractivity contribution in [3.05, 3.63) is 64.7 Å². The van der Waals surface area contributed by atoms with Crippen molar-refractivity contribution in [1.82, 2.24) is 10.2 Å². The van der Waals surface area contributed by atoms with Gasteiger partial charge in [0.15, 0.2) is 0 Å². The zero-order valence-corrected chi connectivity index (χ0v) is 21.8. The van der Waals surface area contributed by atoms with Gasteiger partial charge in [0.1, 0.15) is 12.6 Å². The number of sulfonamides is 1. The minimum absolute atomic E-state index is 0.144. The van der Waals surface area contributed by atoms with Gasteiger partial charge in [-0.05, 0) is 55.2 Å². The van der Waals surface area contributed by atoms with Crippen LogP contribution in [-0.2, 0) is 32.6 Å². The lowest BCUT2D eigenvalue weighted by atomic mass is 10.1. The second-order valence-corrected chi connectivity index (χ2v) is 10.6. The molecule has 1 atom stereocenters. The van der Waals surface area contributed by atoms with Crippen LogP contribution >= 0.6 is 11.6 Å². The van der Waals surface area contributed by atoms with Crippen LogP contribution in [0.15, 0.2) is 48.5 Å². The zero-order valence-electron chi connectivity index (χ0n) is 20.3. The lowest BCUT2D eigenvalue weighted by Gasteiger charge is -2.31. The number of benzene rings is 2. The smallest absolute Gasteiger partial charge is 0.244 e. The zero-order chi connectivity index (χ0) is 25.3. The maximum Gasteiger partial charge on any atom is 0.244 e. The number of amides is 2. The van der Waals surface area contributed by atoms with E-state index in [2.05, 4.69) is 5.32 Å². The standard InChI is InChI=1S/C25H34ClN3O4S/c1-5-7-16-27-25(31)19(3)28(17-21-8-12-22(26)13-9-21)24(30)18-29(34(4,32)33)23-14-10-20(6-2)11-15-23/h8-15,19H,5-7,16-18H2,1-4H3,(H,27,31). The summed E-state index contributed by atoms with van der Waals surface area (Å²) in [7, 11) is -3.74. The fourth-order valence-electron chi connectivity index (χ4n) is 3.42. The predicted octanol–water partition coefficient (Wildman–Crippen LogP) is 4.00. The number of unbranched alkanes of at least 4 members (excludes halogenated alkanes) is 1. The molecule has 0 saturated carbocycles. The number of aryl methyl sites for hydroxylation is 1. The molecule has 1 N–H and O–H groups in total. The number of nitrogens with zero attached hydrogens (tertiary/aromatic N) is 2. The largest absolute Gasteiger partial charge is 0.354 e. The second-order valence-electron chi connectivity index (χ2n) is 8.26. The summed E-state index contributed by atoms with van der Waals surface area (Å²) in [6.45, 7) is 5.93. The van der Waals surface area contributed by atoms with E-state index in [9.17, 15) is 18.0 Å². The van der Waals surface area contributed by atoms with Crippen LogP contribution in [0.4, 0.5) is 5.69 Å². The number of hydrogen-bond acceptors (Lipinski definition) is 4. The molecule has 2 aromatic carbocycles. The normalized spacial score (nSPS) is 12.1. The molecule has 7 nitrogen and oxygen atoms in total. The lowest BCUT2D eigenvalue weighted by molar-refractivity contribution is -0.139. The van der Waals surface area contributed by atoms with Gasteiger partial charge in [-0.25, -0.2) is 8.42 Å². The molecular formula is C25H34ClN3O4S. The highest BCUT2D eigenvalue weighted by Gasteiger charge is 2.30. The molecule has 186 valence electrons. The molecule has 0 radical (unpaired) electrons. The monoisotopic (exact) mass is 507 g/mol. The number of nitrogens with one attached hydrogen (secondary N) is 1. The minimum atomic E-state index is -3.74. The van der Waals surface area contributed by atoms with Gasteiger partial charge < -0.3 is 10.2 Å². The van der Waals surface area contributed by atoms with E-state index >= 15 is 0 Å². The summed E-state index contributed by atoms with van der Waals surface area (Å²) in [6.07, 6.45) is 3.65. The number of hydrogen-bond donors (Lipinski definition) is 1. The van der Waals surface area contributed by atoms with Gasteiger partial charge in [-0.2, -0.15) is 0 Å². The first-order valence-electron chi connectivity index (χ1n) is 11.4. The third-order valence-electron chi connectivity index (χ3n) is 5.57. The Morgan fingerprint density at radius 1 is 1.00 bits per heavy atom. The number of carbonyl (C=O) groups excluding carboxylic acids is 2. The molecule has 2 amide bonds. The summed E-state index contributed by atoms with van der Waals surface area (Å²) in [5.41, 5.74) is 2.24. The molecule has 0 spiro atoms. The van der Waals surface area contributed by atoms with Crippen LogP contribution in [0, 0.1) is 0 Å². The van der Waals surface area contributed by atoms with E-state index in [0.717, 1.165) is 41.0 Å². The van der Waals surface area contributed by atoms with Crippen molar-refractivity contribution >= 4 is 39.1 Å². The number of anilines is 1. The first-order chi connectivity index (χ1) is 16.1. The van der Waals surface area contributed by atoms with Crippen molar-refractivity contribution in [1.29, 1.82) is 0 Å². The molecule has 9 heteroatoms. The quantitative estimate of drug-likeness (QED) is 0.440. The Balaban J connectivity index is 2.32. The van der Waals surface area contributed by atoms with Crippen molar-refractivity contribution < 1.29 is 18.0 Å². The van der Waals surface area contributed by atoms with Crippen LogP contribution in [0.5, 0.6) is 0 Å². The van der Waals surface area contributed by atoms with Crippen molar-refractivity contribution in [3.8, 4) is 0 Å². The van der Waals surface area contributed by atoms with Crippen LogP contribution in [0.3, 0.4) is 0 Å². The Morgan fingerprint density at radius 2 is 1.59 bits per heavy atom. The molecular weight excluding hydrogens is 474 g/mol. The van der Waals surface area contributed by atoms with Gasteiger partial charge in [0.25, 0.3) is 0 Å². The summed E-state index contributed by atoms with van der Waals surface area (Å²) < 4.78 is 26.2. The summed E-state index contributed by atoms with van der Waals surface area (Å²) in [6, 6.07) is 13.3. The van der Waals surface area contributed by atoms with Crippen LogP contribution in [-0.4, -0.2) is 50.5 Å². The highest BCUT2D eigenvalue weighted by atomic mass is 35.5. The molecule has 2 aromatic rings. The fraction of sp³-hybridized carbons (Fsp3) is 0.440. The fourth-order valence-corrected chi connectivity index (χ4v) is 4.39. The van der Waals surface area contributed by atoms with Gasteiger partial charge in [-0.15, -0.1) is 0 Å². The van der Waals surface area contributed by atoms with E-state index in [1.165, 1.54) is 4.90 Å². The van der Waals surface area contributed by atoms with E-state index in [4.69, 9.17) is 11.6 Å². The van der Waals surface area contributed by atoms with Crippen LogP contribution in [0.2, 0.25) is 5.02 Å². The van der Waals surface area contributed by atoms with E-state index in [1.54, 1.807) is 43.3 Å². The third-order valence-corrected chi connectivity index (χ3v) is 6.97. The van der Waals surface area contributed by atoms with E-state index in [0.29, 0.717) is 17.3 Å². The predicted molar refractivity (Wildman–Crippen MR) is 137 cm³/mol. The molecule has 0 aliphatic carbocycles. The first-order valence-corrected chi connectivity index (χ1v) is 13.7. The highest BCUT2D eigenvalue weighted by Crippen LogP contribution is 2.20. The van der Waals surface area contributed by atoms with Gasteiger partial charge in [0.05, 0.1) is 11.9 Å². The van der Waals surface area contributed by atoms with Crippen LogP contribution in [0.25, 0.3) is 0 Å². The molecule has 0 aliphatic rings. The van der Waals surface area contributed by atoms with Gasteiger partial charge in [-0.1, -0.05) is 56.1 Å².